The molecule has 0 aliphatic heterocycles. The molecule has 2 aromatic rings. The van der Waals surface area contributed by atoms with Crippen LogP contribution in [0.3, 0.4) is 0 Å². The molecule has 2 rings (SSSR count). The number of hydrogen-bond acceptors (Lipinski definition) is 5. The van der Waals surface area contributed by atoms with Crippen LogP contribution < -0.4 is 0 Å². The van der Waals surface area contributed by atoms with Crippen LogP contribution in [0.15, 0.2) is 53.5 Å². The van der Waals surface area contributed by atoms with Crippen molar-refractivity contribution in [2.75, 3.05) is 7.11 Å². The van der Waals surface area contributed by atoms with Crippen molar-refractivity contribution in [2.45, 2.75) is 18.9 Å². The molecule has 0 aromatic heterocycles. The van der Waals surface area contributed by atoms with Crippen LogP contribution >= 0.6 is 11.6 Å². The van der Waals surface area contributed by atoms with Crippen LogP contribution in [0.2, 0.25) is 5.02 Å². The molecule has 0 amide bonds. The molecule has 25 heavy (non-hydrogen) atoms. The van der Waals surface area contributed by atoms with Gasteiger partial charge in [-0.15, -0.1) is 0 Å². The second-order valence-corrected chi connectivity index (χ2v) is 6.11. The normalized spacial score (nSPS) is 13.4. The maximum absolute atomic E-state index is 12.2. The molecule has 0 radical (unpaired) electrons. The van der Waals surface area contributed by atoms with E-state index in [1.165, 1.54) is 19.2 Å². The lowest BCUT2D eigenvalue weighted by Crippen LogP contribution is -2.37. The Morgan fingerprint density at radius 3 is 2.36 bits per heavy atom. The Balaban J connectivity index is 2.25. The highest BCUT2D eigenvalue weighted by Gasteiger charge is 2.33. The van der Waals surface area contributed by atoms with E-state index in [1.54, 1.807) is 49.5 Å². The lowest BCUT2D eigenvalue weighted by atomic mass is 9.93. The van der Waals surface area contributed by atoms with E-state index in [1.807, 2.05) is 0 Å². The maximum atomic E-state index is 12.2. The van der Waals surface area contributed by atoms with Gasteiger partial charge in [0, 0.05) is 29.8 Å². The number of carbonyl (C=O) groups is 1. The number of carbonyl (C=O) groups excluding carboxylic acids is 1. The van der Waals surface area contributed by atoms with E-state index in [-0.39, 0.29) is 12.1 Å². The van der Waals surface area contributed by atoms with Crippen molar-refractivity contribution in [3.8, 4) is 0 Å². The molecule has 0 fully saturated rings. The first-order valence-electron chi connectivity index (χ1n) is 7.46. The van der Waals surface area contributed by atoms with Crippen molar-refractivity contribution in [1.82, 2.24) is 0 Å². The van der Waals surface area contributed by atoms with Gasteiger partial charge in [-0.05, 0) is 30.2 Å². The molecule has 2 aromatic carbocycles. The van der Waals surface area contributed by atoms with Gasteiger partial charge in [-0.25, -0.2) is 4.79 Å². The first-order valence-corrected chi connectivity index (χ1v) is 7.84. The molecule has 0 unspecified atom stereocenters. The lowest BCUT2D eigenvalue weighted by Gasteiger charge is -2.22. The molecule has 6 nitrogen and oxygen atoms in total. The zero-order valence-corrected chi connectivity index (χ0v) is 14.6. The summed E-state index contributed by atoms with van der Waals surface area (Å²) >= 11 is 5.85. The van der Waals surface area contributed by atoms with Crippen molar-refractivity contribution in [1.29, 1.82) is 0 Å². The Morgan fingerprint density at radius 2 is 1.84 bits per heavy atom. The second kappa shape index (κ2) is 7.90. The number of aliphatic imine (C=N–C) groups is 1. The maximum Gasteiger partial charge on any atom is 0.333 e. The molecular weight excluding hydrogens is 344 g/mol. The number of methoxy groups -OCH3 is 1. The third-order valence-electron chi connectivity index (χ3n) is 3.69. The number of rotatable bonds is 6. The summed E-state index contributed by atoms with van der Waals surface area (Å²) in [5.74, 6) is -0.490. The van der Waals surface area contributed by atoms with Gasteiger partial charge in [0.15, 0.2) is 5.54 Å². The number of nitrogens with zero attached hydrogens (tertiary/aromatic N) is 2. The number of esters is 1. The van der Waals surface area contributed by atoms with Crippen molar-refractivity contribution in [2.24, 2.45) is 4.99 Å². The number of ether oxygens (including phenoxy) is 1. The first-order chi connectivity index (χ1) is 11.8. The summed E-state index contributed by atoms with van der Waals surface area (Å²) in [6, 6.07) is 13.1. The Kier molecular flexibility index (Phi) is 5.88. The van der Waals surface area contributed by atoms with Crippen molar-refractivity contribution in [3.05, 3.63) is 74.8 Å². The largest absolute Gasteiger partial charge is 0.467 e. The molecule has 0 saturated heterocycles. The minimum Gasteiger partial charge on any atom is -0.467 e. The van der Waals surface area contributed by atoms with Crippen LogP contribution in [0, 0.1) is 10.1 Å². The number of nitro benzene ring substituents is 1. The second-order valence-electron chi connectivity index (χ2n) is 5.68. The van der Waals surface area contributed by atoms with Crippen LogP contribution in [-0.2, 0) is 16.0 Å². The van der Waals surface area contributed by atoms with Gasteiger partial charge in [0.05, 0.1) is 12.0 Å². The highest BCUT2D eigenvalue weighted by molar-refractivity contribution is 6.30. The molecule has 7 heteroatoms. The summed E-state index contributed by atoms with van der Waals surface area (Å²) in [5, 5.41) is 11.3. The smallest absolute Gasteiger partial charge is 0.333 e. The van der Waals surface area contributed by atoms with Gasteiger partial charge in [-0.2, -0.15) is 0 Å². The third kappa shape index (κ3) is 4.87. The Hall–Kier alpha value is -2.73. The predicted molar refractivity (Wildman–Crippen MR) is 96.3 cm³/mol. The van der Waals surface area contributed by atoms with Crippen LogP contribution in [0.4, 0.5) is 5.69 Å². The van der Waals surface area contributed by atoms with E-state index >= 15 is 0 Å². The van der Waals surface area contributed by atoms with Crippen LogP contribution in [0.5, 0.6) is 0 Å². The van der Waals surface area contributed by atoms with Crippen LogP contribution in [-0.4, -0.2) is 29.8 Å². The summed E-state index contributed by atoms with van der Waals surface area (Å²) in [6.07, 6.45) is 1.83. The molecular formula is C18H17ClN2O4. The molecule has 130 valence electrons. The molecule has 0 N–H and O–H groups in total. The fraction of sp³-hybridized carbons (Fsp3) is 0.222. The standard InChI is InChI=1S/C18H17ClN2O4/c1-18(17(22)25-2,20-12-14-3-7-15(19)8-4-14)11-13-5-9-16(10-6-13)21(23)24/h3-10,12H,11H2,1-2H3/t18-/m0/s1. The van der Waals surface area contributed by atoms with E-state index in [0.29, 0.717) is 5.02 Å². The molecule has 0 bridgehead atoms. The van der Waals surface area contributed by atoms with E-state index in [4.69, 9.17) is 16.3 Å². The van der Waals surface area contributed by atoms with E-state index < -0.39 is 16.4 Å². The summed E-state index contributed by atoms with van der Waals surface area (Å²) < 4.78 is 4.88. The van der Waals surface area contributed by atoms with E-state index in [0.717, 1.165) is 11.1 Å². The highest BCUT2D eigenvalue weighted by atomic mass is 35.5. The molecule has 1 atom stereocenters. The van der Waals surface area contributed by atoms with E-state index in [9.17, 15) is 14.9 Å². The van der Waals surface area contributed by atoms with Gasteiger partial charge < -0.3 is 4.74 Å². The van der Waals surface area contributed by atoms with E-state index in [2.05, 4.69) is 4.99 Å². The molecule has 0 aliphatic rings. The minimum atomic E-state index is -1.15. The fourth-order valence-electron chi connectivity index (χ4n) is 2.29. The number of non-ortho nitro benzene ring substituents is 1. The summed E-state index contributed by atoms with van der Waals surface area (Å²) in [5.41, 5.74) is 0.382. The van der Waals surface area contributed by atoms with Gasteiger partial charge in [0.25, 0.3) is 5.69 Å². The predicted octanol–water partition coefficient (Wildman–Crippen LogP) is 3.84. The summed E-state index contributed by atoms with van der Waals surface area (Å²) in [6.45, 7) is 1.66. The zero-order valence-electron chi connectivity index (χ0n) is 13.8. The summed E-state index contributed by atoms with van der Waals surface area (Å²) in [7, 11) is 1.30. The van der Waals surface area contributed by atoms with Gasteiger partial charge in [-0.1, -0.05) is 35.9 Å². The van der Waals surface area contributed by atoms with Gasteiger partial charge in [0.1, 0.15) is 0 Å². The first kappa shape index (κ1) is 18.6. The van der Waals surface area contributed by atoms with Crippen molar-refractivity contribution in [3.63, 3.8) is 0 Å². The monoisotopic (exact) mass is 360 g/mol. The topological polar surface area (TPSA) is 81.8 Å². The Bertz CT molecular complexity index is 788. The Morgan fingerprint density at radius 1 is 1.24 bits per heavy atom. The molecule has 0 aliphatic carbocycles. The number of halogens is 1. The van der Waals surface area contributed by atoms with Crippen molar-refractivity contribution >= 4 is 29.5 Å². The minimum absolute atomic E-state index is 0.00631. The summed E-state index contributed by atoms with van der Waals surface area (Å²) in [4.78, 5) is 26.9. The van der Waals surface area contributed by atoms with Gasteiger partial charge in [-0.3, -0.25) is 15.1 Å². The third-order valence-corrected chi connectivity index (χ3v) is 3.94. The average Bonchev–Trinajstić information content (AvgIpc) is 2.61. The fourth-order valence-corrected chi connectivity index (χ4v) is 2.42. The molecule has 0 saturated carbocycles. The van der Waals surface area contributed by atoms with Crippen LogP contribution in [0.1, 0.15) is 18.1 Å². The number of hydrogen-bond donors (Lipinski definition) is 0. The number of benzene rings is 2. The van der Waals surface area contributed by atoms with Crippen LogP contribution in [0.25, 0.3) is 0 Å². The Labute approximate surface area is 150 Å². The average molecular weight is 361 g/mol. The molecule has 0 heterocycles. The molecule has 0 spiro atoms. The lowest BCUT2D eigenvalue weighted by molar-refractivity contribution is -0.384. The quantitative estimate of drug-likeness (QED) is 0.339. The SMILES string of the molecule is COC(=O)[C@](C)(Cc1ccc([N+](=O)[O-])cc1)N=Cc1ccc(Cl)cc1. The van der Waals surface area contributed by atoms with Gasteiger partial charge in [0.2, 0.25) is 0 Å². The van der Waals surface area contributed by atoms with Gasteiger partial charge >= 0.3 is 5.97 Å². The van der Waals surface area contributed by atoms with Crippen molar-refractivity contribution < 1.29 is 14.5 Å². The number of nitro groups is 1. The zero-order chi connectivity index (χ0) is 18.4. The highest BCUT2D eigenvalue weighted by Crippen LogP contribution is 2.22.